The molecule has 13 heteroatoms. The van der Waals surface area contributed by atoms with Crippen LogP contribution in [0.2, 0.25) is 0 Å². The summed E-state index contributed by atoms with van der Waals surface area (Å²) < 4.78 is 0. The summed E-state index contributed by atoms with van der Waals surface area (Å²) in [6.07, 6.45) is 2.70. The zero-order valence-corrected chi connectivity index (χ0v) is 19.5. The van der Waals surface area contributed by atoms with Gasteiger partial charge in [-0.2, -0.15) is 0 Å². The molecule has 0 unspecified atom stereocenters. The van der Waals surface area contributed by atoms with E-state index in [-0.39, 0.29) is 16.5 Å². The van der Waals surface area contributed by atoms with Crippen LogP contribution in [0.5, 0.6) is 0 Å². The van der Waals surface area contributed by atoms with Crippen molar-refractivity contribution in [2.45, 2.75) is 0 Å². The maximum atomic E-state index is 12.6. The van der Waals surface area contributed by atoms with Crippen LogP contribution in [0.25, 0.3) is 16.6 Å². The van der Waals surface area contributed by atoms with E-state index in [1.165, 1.54) is 54.6 Å². The average Bonchev–Trinajstić information content (AvgIpc) is 3.36. The molecule has 0 spiro atoms. The quantitative estimate of drug-likeness (QED) is 0.189. The molecule has 0 aliphatic carbocycles. The van der Waals surface area contributed by atoms with Gasteiger partial charge in [0.05, 0.1) is 9.85 Å². The van der Waals surface area contributed by atoms with Crippen molar-refractivity contribution in [3.05, 3.63) is 110 Å². The number of benzene rings is 3. The zero-order chi connectivity index (χ0) is 26.4. The second-order valence-corrected chi connectivity index (χ2v) is 8.40. The van der Waals surface area contributed by atoms with Crippen molar-refractivity contribution in [1.82, 2.24) is 10.2 Å². The number of anilines is 2. The Balaban J connectivity index is 1.34. The molecule has 4 rings (SSSR count). The van der Waals surface area contributed by atoms with Crippen molar-refractivity contribution in [3.63, 3.8) is 0 Å². The van der Waals surface area contributed by atoms with Crippen molar-refractivity contribution in [1.29, 1.82) is 0 Å². The normalized spacial score (nSPS) is 10.7. The van der Waals surface area contributed by atoms with Crippen LogP contribution in [0.3, 0.4) is 0 Å². The average molecular weight is 516 g/mol. The topological polar surface area (TPSA) is 170 Å². The number of nitro benzene ring substituents is 2. The van der Waals surface area contributed by atoms with Crippen LogP contribution >= 0.6 is 11.3 Å². The second-order valence-electron chi connectivity index (χ2n) is 7.42. The molecular formula is C24H16N6O6S. The molecule has 0 atom stereocenters. The molecule has 2 amide bonds. The molecule has 0 saturated heterocycles. The van der Waals surface area contributed by atoms with E-state index in [1.54, 1.807) is 30.3 Å². The van der Waals surface area contributed by atoms with Crippen LogP contribution in [0, 0.1) is 20.2 Å². The number of nitrogens with one attached hydrogen (secondary N) is 2. The largest absolute Gasteiger partial charge is 0.323 e. The molecule has 184 valence electrons. The molecule has 2 N–H and O–H groups in total. The number of aromatic nitrogens is 2. The summed E-state index contributed by atoms with van der Waals surface area (Å²) >= 11 is 1.11. The van der Waals surface area contributed by atoms with E-state index in [2.05, 4.69) is 20.8 Å². The van der Waals surface area contributed by atoms with Crippen molar-refractivity contribution in [2.75, 3.05) is 10.6 Å². The van der Waals surface area contributed by atoms with Gasteiger partial charge in [-0.3, -0.25) is 35.1 Å². The molecule has 37 heavy (non-hydrogen) atoms. The summed E-state index contributed by atoms with van der Waals surface area (Å²) in [5.41, 5.74) is 1.78. The second kappa shape index (κ2) is 11.0. The smallest absolute Gasteiger partial charge is 0.270 e. The van der Waals surface area contributed by atoms with Gasteiger partial charge in [0.1, 0.15) is 5.01 Å². The molecule has 0 saturated carbocycles. The van der Waals surface area contributed by atoms with E-state index in [0.717, 1.165) is 11.3 Å². The first-order chi connectivity index (χ1) is 17.8. The minimum Gasteiger partial charge on any atom is -0.323 e. The first-order valence-corrected chi connectivity index (χ1v) is 11.3. The minimum absolute atomic E-state index is 0.0417. The van der Waals surface area contributed by atoms with Crippen LogP contribution in [0.15, 0.2) is 78.9 Å². The van der Waals surface area contributed by atoms with Crippen molar-refractivity contribution in [3.8, 4) is 10.6 Å². The number of nitro groups is 2. The molecule has 3 aromatic carbocycles. The van der Waals surface area contributed by atoms with E-state index in [4.69, 9.17) is 0 Å². The van der Waals surface area contributed by atoms with Gasteiger partial charge in [-0.1, -0.05) is 23.5 Å². The molecule has 12 nitrogen and oxygen atoms in total. The first-order valence-electron chi connectivity index (χ1n) is 10.5. The SMILES string of the molecule is O=C(/C=C/c1cccc([N+](=O)[O-])c1)Nc1ccc(C(=O)Nc2nnc(-c3ccc([N+](=O)[O-])cc3)s2)cc1. The lowest BCUT2D eigenvalue weighted by Gasteiger charge is -2.05. The van der Waals surface area contributed by atoms with Gasteiger partial charge in [0.2, 0.25) is 11.0 Å². The molecule has 0 aliphatic heterocycles. The highest BCUT2D eigenvalue weighted by molar-refractivity contribution is 7.18. The maximum Gasteiger partial charge on any atom is 0.270 e. The lowest BCUT2D eigenvalue weighted by atomic mass is 10.2. The molecule has 1 aromatic heterocycles. The number of amides is 2. The van der Waals surface area contributed by atoms with Gasteiger partial charge in [0.25, 0.3) is 17.3 Å². The van der Waals surface area contributed by atoms with Gasteiger partial charge < -0.3 is 5.32 Å². The summed E-state index contributed by atoms with van der Waals surface area (Å²) in [6, 6.07) is 17.8. The lowest BCUT2D eigenvalue weighted by molar-refractivity contribution is -0.385. The molecule has 0 aliphatic rings. The summed E-state index contributed by atoms with van der Waals surface area (Å²) in [7, 11) is 0. The predicted octanol–water partition coefficient (Wildman–Crippen LogP) is 4.93. The third-order valence-electron chi connectivity index (χ3n) is 4.89. The van der Waals surface area contributed by atoms with Crippen molar-refractivity contribution in [2.24, 2.45) is 0 Å². The van der Waals surface area contributed by atoms with Crippen LogP contribution in [-0.2, 0) is 4.79 Å². The van der Waals surface area contributed by atoms with Crippen LogP contribution in [0.4, 0.5) is 22.2 Å². The Hall–Kier alpha value is -5.30. The van der Waals surface area contributed by atoms with Crippen LogP contribution < -0.4 is 10.6 Å². The van der Waals surface area contributed by atoms with E-state index in [0.29, 0.717) is 27.4 Å². The zero-order valence-electron chi connectivity index (χ0n) is 18.7. The Morgan fingerprint density at radius 1 is 0.838 bits per heavy atom. The predicted molar refractivity (Wildman–Crippen MR) is 137 cm³/mol. The van der Waals surface area contributed by atoms with Gasteiger partial charge in [0, 0.05) is 47.2 Å². The number of non-ortho nitro benzene ring substituents is 2. The monoisotopic (exact) mass is 516 g/mol. The molecular weight excluding hydrogens is 500 g/mol. The number of rotatable bonds is 8. The Kier molecular flexibility index (Phi) is 7.35. The summed E-state index contributed by atoms with van der Waals surface area (Å²) in [5, 5.41) is 35.6. The molecule has 1 heterocycles. The van der Waals surface area contributed by atoms with Gasteiger partial charge in [-0.15, -0.1) is 10.2 Å². The van der Waals surface area contributed by atoms with Gasteiger partial charge in [-0.05, 0) is 48.0 Å². The number of carbonyl (C=O) groups is 2. The van der Waals surface area contributed by atoms with E-state index >= 15 is 0 Å². The highest BCUT2D eigenvalue weighted by Gasteiger charge is 2.13. The summed E-state index contributed by atoms with van der Waals surface area (Å²) in [5.74, 6) is -0.883. The minimum atomic E-state index is -0.516. The molecule has 0 bridgehead atoms. The van der Waals surface area contributed by atoms with Gasteiger partial charge in [-0.25, -0.2) is 0 Å². The van der Waals surface area contributed by atoms with E-state index in [9.17, 15) is 29.8 Å². The Morgan fingerprint density at radius 2 is 1.54 bits per heavy atom. The standard InChI is InChI=1S/C24H16N6O6S/c31-21(13-4-15-2-1-3-20(14-15)30(35)36)25-18-9-5-16(6-10-18)22(32)26-24-28-27-23(37-24)17-7-11-19(12-8-17)29(33)34/h1-14H,(H,25,31)(H,26,28,32)/b13-4+. The maximum absolute atomic E-state index is 12.6. The van der Waals surface area contributed by atoms with Crippen molar-refractivity contribution >= 4 is 51.4 Å². The highest BCUT2D eigenvalue weighted by Crippen LogP contribution is 2.28. The van der Waals surface area contributed by atoms with Gasteiger partial charge >= 0.3 is 0 Å². The van der Waals surface area contributed by atoms with Crippen LogP contribution in [-0.4, -0.2) is 31.9 Å². The fourth-order valence-corrected chi connectivity index (χ4v) is 3.83. The van der Waals surface area contributed by atoms with E-state index in [1.807, 2.05) is 0 Å². The number of hydrogen-bond donors (Lipinski definition) is 2. The third-order valence-corrected chi connectivity index (χ3v) is 5.78. The summed E-state index contributed by atoms with van der Waals surface area (Å²) in [4.78, 5) is 45.4. The molecule has 4 aromatic rings. The van der Waals surface area contributed by atoms with E-state index < -0.39 is 21.7 Å². The summed E-state index contributed by atoms with van der Waals surface area (Å²) in [6.45, 7) is 0. The lowest BCUT2D eigenvalue weighted by Crippen LogP contribution is -2.12. The molecule has 0 radical (unpaired) electrons. The highest BCUT2D eigenvalue weighted by atomic mass is 32.1. The number of carbonyl (C=O) groups excluding carboxylic acids is 2. The fourth-order valence-electron chi connectivity index (χ4n) is 3.09. The number of hydrogen-bond acceptors (Lipinski definition) is 9. The Bertz CT molecular complexity index is 1520. The molecule has 0 fully saturated rings. The fraction of sp³-hybridized carbons (Fsp3) is 0. The van der Waals surface area contributed by atoms with Crippen LogP contribution in [0.1, 0.15) is 15.9 Å². The Labute approximate surface area is 212 Å². The number of nitrogens with zero attached hydrogens (tertiary/aromatic N) is 4. The van der Waals surface area contributed by atoms with Crippen molar-refractivity contribution < 1.29 is 19.4 Å². The Morgan fingerprint density at radius 3 is 2.22 bits per heavy atom. The third kappa shape index (κ3) is 6.43. The first kappa shape index (κ1) is 24.8. The van der Waals surface area contributed by atoms with Gasteiger partial charge in [0.15, 0.2) is 0 Å².